The lowest BCUT2D eigenvalue weighted by molar-refractivity contribution is -0.107. The summed E-state index contributed by atoms with van der Waals surface area (Å²) in [5.41, 5.74) is 1.14. The zero-order valence-corrected chi connectivity index (χ0v) is 26.2. The molecule has 0 atom stereocenters. The lowest BCUT2D eigenvalue weighted by atomic mass is 9.96. The van der Waals surface area contributed by atoms with Gasteiger partial charge in [-0.2, -0.15) is 5.10 Å². The van der Waals surface area contributed by atoms with Crippen molar-refractivity contribution in [3.8, 4) is 0 Å². The minimum absolute atomic E-state index is 0.00401. The summed E-state index contributed by atoms with van der Waals surface area (Å²) in [6, 6.07) is 6.02. The SMILES string of the molecule is C=N/N=C(\OCC(F)F)c1ccc(CN(C=O)c2cc(F)c(Br)cc2N(C)CC2CCN(C(=O)OC(C)(C)C)CC2)nc1. The Balaban J connectivity index is 1.73. The molecule has 1 aromatic heterocycles. The molecule has 10 nitrogen and oxygen atoms in total. The molecule has 0 bridgehead atoms. The molecule has 2 amide bonds. The fourth-order valence-corrected chi connectivity index (χ4v) is 4.88. The highest BCUT2D eigenvalue weighted by atomic mass is 79.9. The number of carbonyl (C=O) groups excluding carboxylic acids is 2. The molecule has 0 unspecified atom stereocenters. The van der Waals surface area contributed by atoms with E-state index in [0.717, 1.165) is 12.8 Å². The van der Waals surface area contributed by atoms with Gasteiger partial charge >= 0.3 is 6.09 Å². The van der Waals surface area contributed by atoms with Crippen LogP contribution < -0.4 is 9.80 Å². The molecule has 0 N–H and O–H groups in total. The van der Waals surface area contributed by atoms with E-state index in [1.807, 2.05) is 32.7 Å². The van der Waals surface area contributed by atoms with Crippen LogP contribution in [-0.2, 0) is 20.8 Å². The first-order valence-electron chi connectivity index (χ1n) is 13.6. The van der Waals surface area contributed by atoms with Crippen molar-refractivity contribution < 1.29 is 32.2 Å². The number of hydrogen-bond donors (Lipinski definition) is 0. The Morgan fingerprint density at radius 3 is 2.51 bits per heavy atom. The first-order chi connectivity index (χ1) is 20.3. The Morgan fingerprint density at radius 1 is 1.26 bits per heavy atom. The summed E-state index contributed by atoms with van der Waals surface area (Å²) in [7, 11) is 1.87. The lowest BCUT2D eigenvalue weighted by Crippen LogP contribution is -2.43. The monoisotopic (exact) mass is 668 g/mol. The van der Waals surface area contributed by atoms with E-state index in [4.69, 9.17) is 9.47 Å². The molecule has 1 aliphatic heterocycles. The predicted molar refractivity (Wildman–Crippen MR) is 162 cm³/mol. The Morgan fingerprint density at radius 2 is 1.95 bits per heavy atom. The zero-order valence-electron chi connectivity index (χ0n) is 24.6. The molecule has 0 spiro atoms. The molecule has 1 saturated heterocycles. The highest BCUT2D eigenvalue weighted by molar-refractivity contribution is 9.10. The molecule has 0 radical (unpaired) electrons. The number of halogens is 4. The van der Waals surface area contributed by atoms with Crippen molar-refractivity contribution in [2.24, 2.45) is 16.1 Å². The molecule has 2 heterocycles. The number of alkyl halides is 2. The van der Waals surface area contributed by atoms with E-state index in [-0.39, 0.29) is 28.9 Å². The first-order valence-corrected chi connectivity index (χ1v) is 14.4. The van der Waals surface area contributed by atoms with Crippen molar-refractivity contribution in [3.63, 3.8) is 0 Å². The van der Waals surface area contributed by atoms with Gasteiger partial charge in [0, 0.05) is 45.7 Å². The zero-order chi connectivity index (χ0) is 31.7. The second-order valence-electron chi connectivity index (χ2n) is 11.1. The van der Waals surface area contributed by atoms with E-state index in [2.05, 4.69) is 37.8 Å². The fraction of sp³-hybridized carbons (Fsp3) is 0.483. The van der Waals surface area contributed by atoms with Crippen molar-refractivity contribution in [2.45, 2.75) is 52.2 Å². The number of piperidine rings is 1. The van der Waals surface area contributed by atoms with Crippen LogP contribution in [0.2, 0.25) is 0 Å². The second kappa shape index (κ2) is 15.2. The third-order valence-electron chi connectivity index (χ3n) is 6.58. The first kappa shape index (κ1) is 33.8. The van der Waals surface area contributed by atoms with Gasteiger partial charge in [0.2, 0.25) is 12.3 Å². The molecule has 3 rings (SSSR count). The number of nitrogens with zero attached hydrogens (tertiary/aromatic N) is 6. The molecular weight excluding hydrogens is 633 g/mol. The average Bonchev–Trinajstić information content (AvgIpc) is 2.95. The third-order valence-corrected chi connectivity index (χ3v) is 7.18. The topological polar surface area (TPSA) is 99.9 Å². The number of benzene rings is 1. The number of hydrogen-bond acceptors (Lipinski definition) is 8. The molecule has 2 aromatic rings. The maximum atomic E-state index is 14.7. The minimum atomic E-state index is -2.70. The number of likely N-dealkylation sites (tertiary alicyclic amines) is 1. The highest BCUT2D eigenvalue weighted by Crippen LogP contribution is 2.35. The third kappa shape index (κ3) is 9.94. The van der Waals surface area contributed by atoms with Gasteiger partial charge in [0.25, 0.3) is 6.43 Å². The summed E-state index contributed by atoms with van der Waals surface area (Å²) in [5, 5.41) is 6.98. The van der Waals surface area contributed by atoms with Gasteiger partial charge in [0.15, 0.2) is 6.61 Å². The molecule has 1 fully saturated rings. The summed E-state index contributed by atoms with van der Waals surface area (Å²) in [4.78, 5) is 34.0. The van der Waals surface area contributed by atoms with Crippen molar-refractivity contribution in [1.82, 2.24) is 9.88 Å². The molecular formula is C29H36BrF3N6O4. The molecule has 1 aromatic carbocycles. The van der Waals surface area contributed by atoms with Crippen LogP contribution >= 0.6 is 15.9 Å². The molecule has 14 heteroatoms. The van der Waals surface area contributed by atoms with Crippen LogP contribution in [0.3, 0.4) is 0 Å². The number of amides is 2. The Labute approximate surface area is 257 Å². The number of rotatable bonds is 11. The number of pyridine rings is 1. The summed E-state index contributed by atoms with van der Waals surface area (Å²) < 4.78 is 50.6. The minimum Gasteiger partial charge on any atom is -0.470 e. The fourth-order valence-electron chi connectivity index (χ4n) is 4.55. The van der Waals surface area contributed by atoms with Crippen molar-refractivity contribution >= 4 is 52.4 Å². The molecule has 0 aliphatic carbocycles. The van der Waals surface area contributed by atoms with Crippen LogP contribution in [0.1, 0.15) is 44.9 Å². The van der Waals surface area contributed by atoms with E-state index in [1.165, 1.54) is 17.2 Å². The van der Waals surface area contributed by atoms with Gasteiger partial charge in [-0.3, -0.25) is 9.78 Å². The highest BCUT2D eigenvalue weighted by Gasteiger charge is 2.28. The van der Waals surface area contributed by atoms with Crippen molar-refractivity contribution in [2.75, 3.05) is 43.1 Å². The van der Waals surface area contributed by atoms with Gasteiger partial charge in [-0.25, -0.2) is 18.0 Å². The summed E-state index contributed by atoms with van der Waals surface area (Å²) >= 11 is 3.25. The van der Waals surface area contributed by atoms with Crippen LogP contribution in [0.15, 0.2) is 45.1 Å². The maximum absolute atomic E-state index is 14.7. The van der Waals surface area contributed by atoms with Gasteiger partial charge in [-0.15, -0.1) is 5.10 Å². The molecule has 234 valence electrons. The standard InChI is InChI=1S/C29H36BrF3N6O4/c1-29(2,3)43-28(41)38-10-8-19(9-11-38)15-37(5)24-12-22(30)23(31)13-25(24)39(18-40)16-21-7-6-20(14-35-21)27(36-34-4)42-17-26(32)33/h6-7,12-14,18-19,26H,4,8-11,15-17H2,1-3,5H3/b36-27-. The van der Waals surface area contributed by atoms with Crippen LogP contribution in [0, 0.1) is 11.7 Å². The van der Waals surface area contributed by atoms with Crippen LogP contribution in [0.25, 0.3) is 0 Å². The number of aromatic nitrogens is 1. The van der Waals surface area contributed by atoms with Gasteiger partial charge in [-0.1, -0.05) is 0 Å². The van der Waals surface area contributed by atoms with E-state index in [0.29, 0.717) is 48.7 Å². The lowest BCUT2D eigenvalue weighted by Gasteiger charge is -2.36. The molecule has 1 aliphatic rings. The van der Waals surface area contributed by atoms with Gasteiger partial charge in [0.05, 0.1) is 33.6 Å². The second-order valence-corrected chi connectivity index (χ2v) is 11.9. The van der Waals surface area contributed by atoms with Gasteiger partial charge in [0.1, 0.15) is 11.4 Å². The summed E-state index contributed by atoms with van der Waals surface area (Å²) in [6.07, 6.45) is 0.452. The van der Waals surface area contributed by atoms with Crippen molar-refractivity contribution in [3.05, 3.63) is 52.0 Å². The van der Waals surface area contributed by atoms with E-state index < -0.39 is 24.5 Å². The Bertz CT molecular complexity index is 1300. The normalized spacial score (nSPS) is 14.4. The smallest absolute Gasteiger partial charge is 0.410 e. The Kier molecular flexibility index (Phi) is 11.9. The number of ether oxygens (including phenoxy) is 2. The predicted octanol–water partition coefficient (Wildman–Crippen LogP) is 5.87. The summed E-state index contributed by atoms with van der Waals surface area (Å²) in [6.45, 7) is 9.60. The van der Waals surface area contributed by atoms with Gasteiger partial charge < -0.3 is 24.2 Å². The van der Waals surface area contributed by atoms with Crippen LogP contribution in [-0.4, -0.2) is 80.3 Å². The van der Waals surface area contributed by atoms with Crippen LogP contribution in [0.5, 0.6) is 0 Å². The summed E-state index contributed by atoms with van der Waals surface area (Å²) in [5.74, 6) is -0.452. The molecule has 43 heavy (non-hydrogen) atoms. The van der Waals surface area contributed by atoms with Gasteiger partial charge in [-0.05, 0) is 73.7 Å². The van der Waals surface area contributed by atoms with Crippen molar-refractivity contribution in [1.29, 1.82) is 0 Å². The van der Waals surface area contributed by atoms with E-state index in [9.17, 15) is 22.8 Å². The van der Waals surface area contributed by atoms with E-state index >= 15 is 0 Å². The quantitative estimate of drug-likeness (QED) is 0.128. The Hall–Kier alpha value is -3.68. The largest absolute Gasteiger partial charge is 0.470 e. The number of carbonyl (C=O) groups is 2. The van der Waals surface area contributed by atoms with E-state index in [1.54, 1.807) is 23.1 Å². The van der Waals surface area contributed by atoms with Crippen LogP contribution in [0.4, 0.5) is 29.3 Å². The number of anilines is 2. The average molecular weight is 670 g/mol. The maximum Gasteiger partial charge on any atom is 0.410 e. The molecule has 0 saturated carbocycles.